The van der Waals surface area contributed by atoms with Crippen LogP contribution in [0.3, 0.4) is 0 Å². The maximum Gasteiger partial charge on any atom is 0.312 e. The van der Waals surface area contributed by atoms with Crippen molar-refractivity contribution >= 4 is 30.1 Å². The van der Waals surface area contributed by atoms with Crippen LogP contribution in [0.25, 0.3) is 0 Å². The summed E-state index contributed by atoms with van der Waals surface area (Å²) < 4.78 is 0. The monoisotopic (exact) mass is 332 g/mol. The lowest BCUT2D eigenvalue weighted by molar-refractivity contribution is -0.156. The standard InChI is InChI=1S/C14H24N4O3.ClH/c1-3-17-6-7-18(14(21)13(17)20)9-12(19)16-11-4-5-15-10(2)8-11;/h10-11,15H,3-9H2,1-2H3,(H,16,19);1H. The summed E-state index contributed by atoms with van der Waals surface area (Å²) in [6.45, 7) is 6.24. The van der Waals surface area contributed by atoms with E-state index in [-0.39, 0.29) is 30.9 Å². The minimum atomic E-state index is -0.572. The molecule has 0 saturated carbocycles. The van der Waals surface area contributed by atoms with E-state index in [0.29, 0.717) is 25.7 Å². The van der Waals surface area contributed by atoms with Gasteiger partial charge in [-0.25, -0.2) is 0 Å². The molecular weight excluding hydrogens is 308 g/mol. The Morgan fingerprint density at radius 3 is 2.55 bits per heavy atom. The molecule has 0 radical (unpaired) electrons. The number of nitrogens with one attached hydrogen (secondary N) is 2. The topological polar surface area (TPSA) is 81.8 Å². The Labute approximate surface area is 137 Å². The van der Waals surface area contributed by atoms with Crippen LogP contribution in [0.15, 0.2) is 0 Å². The zero-order valence-corrected chi connectivity index (χ0v) is 13.9. The molecule has 0 aromatic rings. The Bertz CT molecular complexity index is 432. The number of likely N-dealkylation sites (N-methyl/N-ethyl adjacent to an activating group) is 1. The predicted molar refractivity (Wildman–Crippen MR) is 84.7 cm³/mol. The van der Waals surface area contributed by atoms with Gasteiger partial charge in [-0.3, -0.25) is 14.4 Å². The Morgan fingerprint density at radius 2 is 1.91 bits per heavy atom. The van der Waals surface area contributed by atoms with E-state index in [1.807, 2.05) is 6.92 Å². The van der Waals surface area contributed by atoms with Crippen molar-refractivity contribution in [3.8, 4) is 0 Å². The van der Waals surface area contributed by atoms with Gasteiger partial charge >= 0.3 is 11.8 Å². The molecule has 2 fully saturated rings. The number of amides is 3. The molecule has 2 N–H and O–H groups in total. The Morgan fingerprint density at radius 1 is 1.27 bits per heavy atom. The van der Waals surface area contributed by atoms with Gasteiger partial charge in [0.15, 0.2) is 0 Å². The summed E-state index contributed by atoms with van der Waals surface area (Å²) in [6, 6.07) is 0.539. The lowest BCUT2D eigenvalue weighted by Crippen LogP contribution is -2.57. The quantitative estimate of drug-likeness (QED) is 0.671. The first kappa shape index (κ1) is 18.7. The van der Waals surface area contributed by atoms with E-state index in [1.165, 1.54) is 9.80 Å². The fourth-order valence-electron chi connectivity index (χ4n) is 2.88. The normalized spacial score (nSPS) is 25.7. The van der Waals surface area contributed by atoms with Crippen LogP contribution in [0.4, 0.5) is 0 Å². The smallest absolute Gasteiger partial charge is 0.312 e. The first-order valence-corrected chi connectivity index (χ1v) is 7.62. The third-order valence-electron chi connectivity index (χ3n) is 4.10. The largest absolute Gasteiger partial charge is 0.352 e. The Balaban J connectivity index is 0.00000242. The molecule has 0 spiro atoms. The van der Waals surface area contributed by atoms with Gasteiger partial charge in [0.25, 0.3) is 0 Å². The molecule has 0 aromatic carbocycles. The summed E-state index contributed by atoms with van der Waals surface area (Å²) in [6.07, 6.45) is 1.79. The van der Waals surface area contributed by atoms with Gasteiger partial charge in [0, 0.05) is 31.7 Å². The summed E-state index contributed by atoms with van der Waals surface area (Å²) >= 11 is 0. The third kappa shape index (κ3) is 4.58. The summed E-state index contributed by atoms with van der Waals surface area (Å²) in [5.74, 6) is -1.26. The van der Waals surface area contributed by atoms with Crippen LogP contribution < -0.4 is 10.6 Å². The maximum absolute atomic E-state index is 12.0. The number of hydrogen-bond acceptors (Lipinski definition) is 4. The zero-order valence-electron chi connectivity index (χ0n) is 13.1. The molecule has 0 bridgehead atoms. The highest BCUT2D eigenvalue weighted by molar-refractivity contribution is 6.35. The number of piperidine rings is 1. The van der Waals surface area contributed by atoms with Crippen molar-refractivity contribution < 1.29 is 14.4 Å². The first-order chi connectivity index (χ1) is 10.0. The second-order valence-corrected chi connectivity index (χ2v) is 5.76. The highest BCUT2D eigenvalue weighted by Gasteiger charge is 2.32. The van der Waals surface area contributed by atoms with Gasteiger partial charge in [-0.05, 0) is 33.2 Å². The predicted octanol–water partition coefficient (Wildman–Crippen LogP) is -0.644. The lowest BCUT2D eigenvalue weighted by Gasteiger charge is -2.33. The lowest BCUT2D eigenvalue weighted by atomic mass is 10.0. The van der Waals surface area contributed by atoms with Crippen LogP contribution in [0.1, 0.15) is 26.7 Å². The number of carbonyl (C=O) groups excluding carboxylic acids is 3. The molecule has 0 aromatic heterocycles. The number of rotatable bonds is 4. The SMILES string of the molecule is CCN1CCN(CC(=O)NC2CCNC(C)C2)C(=O)C1=O.Cl. The molecule has 22 heavy (non-hydrogen) atoms. The van der Waals surface area contributed by atoms with Gasteiger partial charge in [-0.15, -0.1) is 12.4 Å². The molecule has 2 rings (SSSR count). The molecule has 0 aliphatic carbocycles. The van der Waals surface area contributed by atoms with Crippen molar-refractivity contribution in [2.24, 2.45) is 0 Å². The molecule has 2 atom stereocenters. The molecule has 2 aliphatic rings. The summed E-state index contributed by atoms with van der Waals surface area (Å²) in [5.41, 5.74) is 0. The second-order valence-electron chi connectivity index (χ2n) is 5.76. The van der Waals surface area contributed by atoms with Gasteiger partial charge in [0.05, 0.1) is 0 Å². The molecule has 8 heteroatoms. The highest BCUT2D eigenvalue weighted by Crippen LogP contribution is 2.09. The average molecular weight is 333 g/mol. The molecule has 2 saturated heterocycles. The minimum Gasteiger partial charge on any atom is -0.352 e. The molecule has 2 aliphatic heterocycles. The molecular formula is C14H25ClN4O3. The van der Waals surface area contributed by atoms with E-state index in [4.69, 9.17) is 0 Å². The van der Waals surface area contributed by atoms with Crippen molar-refractivity contribution in [3.05, 3.63) is 0 Å². The van der Waals surface area contributed by atoms with Crippen molar-refractivity contribution in [1.29, 1.82) is 0 Å². The van der Waals surface area contributed by atoms with Crippen LogP contribution in [0, 0.1) is 0 Å². The van der Waals surface area contributed by atoms with E-state index in [1.54, 1.807) is 0 Å². The van der Waals surface area contributed by atoms with E-state index in [9.17, 15) is 14.4 Å². The van der Waals surface area contributed by atoms with Crippen molar-refractivity contribution in [2.45, 2.75) is 38.8 Å². The number of carbonyl (C=O) groups is 3. The van der Waals surface area contributed by atoms with E-state index in [0.717, 1.165) is 19.4 Å². The Hall–Kier alpha value is -1.34. The Kier molecular flexibility index (Phi) is 7.09. The first-order valence-electron chi connectivity index (χ1n) is 7.62. The molecule has 7 nitrogen and oxygen atoms in total. The van der Waals surface area contributed by atoms with Gasteiger partial charge < -0.3 is 20.4 Å². The molecule has 2 unspecified atom stereocenters. The fourth-order valence-corrected chi connectivity index (χ4v) is 2.88. The van der Waals surface area contributed by atoms with Gasteiger partial charge in [0.1, 0.15) is 6.54 Å². The van der Waals surface area contributed by atoms with Gasteiger partial charge in [0.2, 0.25) is 5.91 Å². The zero-order chi connectivity index (χ0) is 15.4. The second kappa shape index (κ2) is 8.33. The van der Waals surface area contributed by atoms with Crippen LogP contribution in [0.5, 0.6) is 0 Å². The van der Waals surface area contributed by atoms with Crippen molar-refractivity contribution in [1.82, 2.24) is 20.4 Å². The highest BCUT2D eigenvalue weighted by atomic mass is 35.5. The van der Waals surface area contributed by atoms with E-state index in [2.05, 4.69) is 17.6 Å². The van der Waals surface area contributed by atoms with E-state index < -0.39 is 11.8 Å². The maximum atomic E-state index is 12.0. The summed E-state index contributed by atoms with van der Waals surface area (Å²) in [7, 11) is 0. The summed E-state index contributed by atoms with van der Waals surface area (Å²) in [5, 5.41) is 6.28. The van der Waals surface area contributed by atoms with Gasteiger partial charge in [-0.2, -0.15) is 0 Å². The average Bonchev–Trinajstić information content (AvgIpc) is 2.44. The minimum absolute atomic E-state index is 0. The number of hydrogen-bond donors (Lipinski definition) is 2. The fraction of sp³-hybridized carbons (Fsp3) is 0.786. The van der Waals surface area contributed by atoms with Crippen molar-refractivity contribution in [2.75, 3.05) is 32.7 Å². The number of nitrogens with zero attached hydrogens (tertiary/aromatic N) is 2. The number of halogens is 1. The number of piperazine rings is 1. The molecule has 126 valence electrons. The van der Waals surface area contributed by atoms with Crippen LogP contribution >= 0.6 is 12.4 Å². The van der Waals surface area contributed by atoms with Gasteiger partial charge in [-0.1, -0.05) is 0 Å². The van der Waals surface area contributed by atoms with E-state index >= 15 is 0 Å². The van der Waals surface area contributed by atoms with Crippen LogP contribution in [0.2, 0.25) is 0 Å². The van der Waals surface area contributed by atoms with Crippen LogP contribution in [-0.4, -0.2) is 72.3 Å². The summed E-state index contributed by atoms with van der Waals surface area (Å²) in [4.78, 5) is 38.6. The van der Waals surface area contributed by atoms with Crippen molar-refractivity contribution in [3.63, 3.8) is 0 Å². The van der Waals surface area contributed by atoms with Crippen LogP contribution in [-0.2, 0) is 14.4 Å². The third-order valence-corrected chi connectivity index (χ3v) is 4.10. The molecule has 3 amide bonds. The molecule has 2 heterocycles.